The van der Waals surface area contributed by atoms with Crippen LogP contribution in [0.15, 0.2) is 26.8 Å². The molecule has 9 heteroatoms. The normalized spacial score (nSPS) is 14.5. The number of amides is 1. The van der Waals surface area contributed by atoms with E-state index in [-0.39, 0.29) is 16.6 Å². The minimum Gasteiger partial charge on any atom is -0.360 e. The van der Waals surface area contributed by atoms with Crippen LogP contribution in [0.5, 0.6) is 0 Å². The maximum absolute atomic E-state index is 12.6. The van der Waals surface area contributed by atoms with E-state index in [4.69, 9.17) is 16.1 Å². The summed E-state index contributed by atoms with van der Waals surface area (Å²) >= 11 is 7.17. The summed E-state index contributed by atoms with van der Waals surface area (Å²) in [5, 5.41) is 6.42. The van der Waals surface area contributed by atoms with Gasteiger partial charge in [0, 0.05) is 45.0 Å². The average Bonchev–Trinajstić information content (AvgIpc) is 3.17. The zero-order chi connectivity index (χ0) is 17.4. The molecule has 0 aliphatic carbocycles. The molecule has 25 heavy (non-hydrogen) atoms. The van der Waals surface area contributed by atoms with Gasteiger partial charge in [-0.25, -0.2) is 4.98 Å². The van der Waals surface area contributed by atoms with Crippen LogP contribution in [-0.2, 0) is 24.2 Å². The fraction of sp³-hybridized carbons (Fsp3) is 0.375. The number of rotatable bonds is 3. The molecular weight excluding hydrogens is 364 g/mol. The molecule has 3 aromatic heterocycles. The average molecular weight is 379 g/mol. The van der Waals surface area contributed by atoms with Crippen molar-refractivity contribution in [2.45, 2.75) is 25.8 Å². The van der Waals surface area contributed by atoms with Crippen molar-refractivity contribution >= 4 is 39.1 Å². The van der Waals surface area contributed by atoms with Crippen LogP contribution in [0.1, 0.15) is 18.0 Å². The van der Waals surface area contributed by atoms with Gasteiger partial charge in [0.05, 0.1) is 5.39 Å². The quantitative estimate of drug-likeness (QED) is 0.697. The molecule has 0 bridgehead atoms. The molecule has 7 nitrogen and oxygen atoms in total. The molecule has 1 amide bonds. The van der Waals surface area contributed by atoms with Gasteiger partial charge in [-0.2, -0.15) is 0 Å². The zero-order valence-corrected chi connectivity index (χ0v) is 14.8. The second kappa shape index (κ2) is 6.61. The molecule has 0 fully saturated rings. The zero-order valence-electron chi connectivity index (χ0n) is 13.3. The van der Waals surface area contributed by atoms with Crippen molar-refractivity contribution in [3.05, 3.63) is 44.6 Å². The van der Waals surface area contributed by atoms with Gasteiger partial charge >= 0.3 is 0 Å². The lowest BCUT2D eigenvalue weighted by molar-refractivity contribution is -0.131. The molecule has 1 aliphatic rings. The molecule has 4 rings (SSSR count). The van der Waals surface area contributed by atoms with Crippen LogP contribution >= 0.6 is 22.9 Å². The van der Waals surface area contributed by atoms with Crippen molar-refractivity contribution in [1.29, 1.82) is 0 Å². The predicted octanol–water partition coefficient (Wildman–Crippen LogP) is 2.12. The molecule has 0 saturated carbocycles. The first kappa shape index (κ1) is 16.3. The van der Waals surface area contributed by atoms with Gasteiger partial charge in [-0.15, -0.1) is 11.3 Å². The monoisotopic (exact) mass is 378 g/mol. The highest BCUT2D eigenvalue weighted by molar-refractivity contribution is 7.16. The predicted molar refractivity (Wildman–Crippen MR) is 94.0 cm³/mol. The van der Waals surface area contributed by atoms with Gasteiger partial charge in [0.2, 0.25) is 5.91 Å². The van der Waals surface area contributed by atoms with E-state index in [2.05, 4.69) is 10.1 Å². The molecular formula is C16H15ClN4O3S. The minimum atomic E-state index is -0.0214. The van der Waals surface area contributed by atoms with E-state index in [9.17, 15) is 9.59 Å². The highest BCUT2D eigenvalue weighted by atomic mass is 35.5. The van der Waals surface area contributed by atoms with E-state index in [0.29, 0.717) is 50.0 Å². The summed E-state index contributed by atoms with van der Waals surface area (Å²) in [6.07, 6.45) is 1.35. The SMILES string of the molecule is O=C(CCc1cc(Cl)no1)N1CCc2nc3sccc3c(=O)n2CC1. The Morgan fingerprint density at radius 3 is 3.04 bits per heavy atom. The Labute approximate surface area is 151 Å². The largest absolute Gasteiger partial charge is 0.360 e. The van der Waals surface area contributed by atoms with Gasteiger partial charge in [0.1, 0.15) is 16.4 Å². The molecule has 3 aromatic rings. The summed E-state index contributed by atoms with van der Waals surface area (Å²) in [5.74, 6) is 1.36. The first-order valence-electron chi connectivity index (χ1n) is 7.97. The van der Waals surface area contributed by atoms with Gasteiger partial charge in [0.15, 0.2) is 5.15 Å². The summed E-state index contributed by atoms with van der Waals surface area (Å²) in [5.41, 5.74) is -0.0214. The van der Waals surface area contributed by atoms with Crippen LogP contribution in [0.4, 0.5) is 0 Å². The number of carbonyl (C=O) groups is 1. The number of hydrogen-bond acceptors (Lipinski definition) is 6. The van der Waals surface area contributed by atoms with E-state index in [1.807, 2.05) is 5.38 Å². The topological polar surface area (TPSA) is 81.2 Å². The number of halogens is 1. The molecule has 0 atom stereocenters. The van der Waals surface area contributed by atoms with Crippen molar-refractivity contribution in [3.63, 3.8) is 0 Å². The van der Waals surface area contributed by atoms with Crippen LogP contribution in [0.3, 0.4) is 0 Å². The lowest BCUT2D eigenvalue weighted by atomic mass is 10.2. The fourth-order valence-corrected chi connectivity index (χ4v) is 3.95. The number of hydrogen-bond donors (Lipinski definition) is 0. The smallest absolute Gasteiger partial charge is 0.262 e. The first-order valence-corrected chi connectivity index (χ1v) is 9.23. The van der Waals surface area contributed by atoms with Crippen LogP contribution in [0.2, 0.25) is 5.15 Å². The maximum Gasteiger partial charge on any atom is 0.262 e. The van der Waals surface area contributed by atoms with Gasteiger partial charge in [-0.05, 0) is 11.4 Å². The Morgan fingerprint density at radius 2 is 2.24 bits per heavy atom. The van der Waals surface area contributed by atoms with Crippen molar-refractivity contribution in [3.8, 4) is 0 Å². The van der Waals surface area contributed by atoms with Crippen LogP contribution in [0, 0.1) is 0 Å². The third-order valence-electron chi connectivity index (χ3n) is 4.33. The molecule has 0 spiro atoms. The van der Waals surface area contributed by atoms with Crippen LogP contribution < -0.4 is 5.56 Å². The van der Waals surface area contributed by atoms with E-state index < -0.39 is 0 Å². The lowest BCUT2D eigenvalue weighted by Crippen LogP contribution is -2.34. The fourth-order valence-electron chi connectivity index (χ4n) is 3.02. The molecule has 0 aromatic carbocycles. The Morgan fingerprint density at radius 1 is 1.36 bits per heavy atom. The van der Waals surface area contributed by atoms with Crippen LogP contribution in [-0.4, -0.2) is 38.6 Å². The van der Waals surface area contributed by atoms with Gasteiger partial charge < -0.3 is 9.42 Å². The minimum absolute atomic E-state index is 0.0214. The van der Waals surface area contributed by atoms with Crippen molar-refractivity contribution in [2.75, 3.05) is 13.1 Å². The summed E-state index contributed by atoms with van der Waals surface area (Å²) in [6, 6.07) is 3.42. The summed E-state index contributed by atoms with van der Waals surface area (Å²) in [6.45, 7) is 1.52. The number of nitrogens with zero attached hydrogens (tertiary/aromatic N) is 4. The van der Waals surface area contributed by atoms with E-state index in [1.54, 1.807) is 21.6 Å². The molecule has 0 N–H and O–H groups in total. The summed E-state index contributed by atoms with van der Waals surface area (Å²) < 4.78 is 6.71. The van der Waals surface area contributed by atoms with Gasteiger partial charge in [0.25, 0.3) is 5.56 Å². The number of fused-ring (bicyclic) bond motifs is 2. The second-order valence-electron chi connectivity index (χ2n) is 5.87. The number of thiophene rings is 1. The lowest BCUT2D eigenvalue weighted by Gasteiger charge is -2.19. The van der Waals surface area contributed by atoms with Gasteiger partial charge in [-0.3, -0.25) is 14.2 Å². The van der Waals surface area contributed by atoms with Crippen molar-refractivity contribution in [1.82, 2.24) is 19.6 Å². The summed E-state index contributed by atoms with van der Waals surface area (Å²) in [4.78, 5) is 32.2. The number of carbonyl (C=O) groups excluding carboxylic acids is 1. The highest BCUT2D eigenvalue weighted by Crippen LogP contribution is 2.17. The molecule has 4 heterocycles. The highest BCUT2D eigenvalue weighted by Gasteiger charge is 2.21. The Balaban J connectivity index is 1.47. The van der Waals surface area contributed by atoms with Crippen molar-refractivity contribution < 1.29 is 9.32 Å². The maximum atomic E-state index is 12.6. The van der Waals surface area contributed by atoms with E-state index >= 15 is 0 Å². The summed E-state index contributed by atoms with van der Waals surface area (Å²) in [7, 11) is 0. The molecule has 0 radical (unpaired) electrons. The van der Waals surface area contributed by atoms with Crippen LogP contribution in [0.25, 0.3) is 10.2 Å². The third-order valence-corrected chi connectivity index (χ3v) is 5.31. The molecule has 130 valence electrons. The number of aryl methyl sites for hydroxylation is 1. The van der Waals surface area contributed by atoms with Crippen molar-refractivity contribution in [2.24, 2.45) is 0 Å². The van der Waals surface area contributed by atoms with E-state index in [1.165, 1.54) is 11.3 Å². The van der Waals surface area contributed by atoms with E-state index in [0.717, 1.165) is 10.7 Å². The number of aromatic nitrogens is 3. The standard InChI is InChI=1S/C16H15ClN4O3S/c17-12-9-10(24-19-12)1-2-14(22)20-5-3-13-18-15-11(4-8-25-15)16(23)21(13)7-6-20/h4,8-9H,1-3,5-7H2. The molecule has 0 unspecified atom stereocenters. The Hall–Kier alpha value is -2.19. The Bertz CT molecular complexity index is 993. The second-order valence-corrected chi connectivity index (χ2v) is 7.15. The van der Waals surface area contributed by atoms with Gasteiger partial charge in [-0.1, -0.05) is 16.8 Å². The molecule has 0 saturated heterocycles. The third kappa shape index (κ3) is 3.19. The first-order chi connectivity index (χ1) is 12.1. The molecule has 1 aliphatic heterocycles. The Kier molecular flexibility index (Phi) is 4.30.